The number of aliphatic hydroxyl groups excluding tert-OH is 1. The van der Waals surface area contributed by atoms with E-state index in [1.54, 1.807) is 79.9 Å². The molecule has 17 heteroatoms. The number of carbonyl (C=O) groups is 5. The average Bonchev–Trinajstić information content (AvgIpc) is 3.58. The first-order valence-electron chi connectivity index (χ1n) is 22.3. The molecule has 0 aliphatic carbocycles. The lowest BCUT2D eigenvalue weighted by molar-refractivity contribution is -0.298. The zero-order valence-electron chi connectivity index (χ0n) is 38.9. The van der Waals surface area contributed by atoms with E-state index in [4.69, 9.17) is 28.4 Å². The molecule has 2 aromatic rings. The molecule has 3 saturated heterocycles. The number of likely N-dealkylation sites (N-methyl/N-ethyl adjacent to an activating group) is 1. The van der Waals surface area contributed by atoms with Gasteiger partial charge < -0.3 is 49.1 Å². The van der Waals surface area contributed by atoms with Crippen molar-refractivity contribution in [2.75, 3.05) is 20.6 Å². The number of aliphatic hydroxyl groups is 1. The number of rotatable bonds is 11. The van der Waals surface area contributed by atoms with Gasteiger partial charge in [0.2, 0.25) is 0 Å². The van der Waals surface area contributed by atoms with Gasteiger partial charge in [0.1, 0.15) is 35.8 Å². The Bertz CT molecular complexity index is 1970. The van der Waals surface area contributed by atoms with Gasteiger partial charge in [-0.2, -0.15) is 0 Å². The molecular formula is C47H67N5O12. The summed E-state index contributed by atoms with van der Waals surface area (Å²) in [4.78, 5) is 79.5. The molecule has 1 aromatic carbocycles. The Balaban J connectivity index is 1.55. The van der Waals surface area contributed by atoms with Crippen molar-refractivity contribution >= 4 is 36.0 Å². The molecule has 17 nitrogen and oxygen atoms in total. The van der Waals surface area contributed by atoms with Gasteiger partial charge in [0, 0.05) is 54.7 Å². The Kier molecular flexibility index (Phi) is 16.7. The number of ketones is 1. The number of Topliss-reactive ketones (excluding diaryl/α,β-unsaturated/α-hetero) is 1. The third kappa shape index (κ3) is 11.5. The van der Waals surface area contributed by atoms with Gasteiger partial charge in [-0.05, 0) is 72.7 Å². The number of aromatic nitrogens is 2. The van der Waals surface area contributed by atoms with Gasteiger partial charge in [0.05, 0.1) is 18.1 Å². The van der Waals surface area contributed by atoms with Crippen LogP contribution in [0.15, 0.2) is 48.8 Å². The number of carbonyl (C=O) groups excluding carboxylic acids is 5. The van der Waals surface area contributed by atoms with E-state index in [2.05, 4.69) is 20.6 Å². The number of esters is 2. The molecule has 4 heterocycles. The highest BCUT2D eigenvalue weighted by atomic mass is 16.7. The second-order valence-corrected chi connectivity index (χ2v) is 18.1. The minimum absolute atomic E-state index is 0.0271. The molecule has 0 unspecified atom stereocenters. The van der Waals surface area contributed by atoms with Crippen LogP contribution < -0.4 is 10.6 Å². The number of hydrogen-bond acceptors (Lipinski definition) is 15. The topological polar surface area (TPSA) is 214 Å². The van der Waals surface area contributed by atoms with Crippen LogP contribution in [0.25, 0.3) is 17.5 Å². The van der Waals surface area contributed by atoms with E-state index in [0.29, 0.717) is 12.2 Å². The number of benzene rings is 1. The summed E-state index contributed by atoms with van der Waals surface area (Å²) < 4.78 is 37.5. The van der Waals surface area contributed by atoms with Gasteiger partial charge in [-0.3, -0.25) is 14.4 Å². The highest BCUT2D eigenvalue weighted by Crippen LogP contribution is 2.42. The number of nitrogens with one attached hydrogen (secondary N) is 2. The van der Waals surface area contributed by atoms with Crippen LogP contribution in [0.4, 0.5) is 9.59 Å². The lowest BCUT2D eigenvalue weighted by atomic mass is 9.73. The molecule has 352 valence electrons. The van der Waals surface area contributed by atoms with Crippen LogP contribution in [0.2, 0.25) is 0 Å². The quantitative estimate of drug-likeness (QED) is 0.188. The first kappa shape index (κ1) is 50.0. The Morgan fingerprint density at radius 3 is 2.31 bits per heavy atom. The first-order valence-corrected chi connectivity index (χ1v) is 22.3. The normalized spacial score (nSPS) is 35.1. The fourth-order valence-electron chi connectivity index (χ4n) is 9.45. The second kappa shape index (κ2) is 21.3. The van der Waals surface area contributed by atoms with Crippen LogP contribution in [-0.2, 0) is 42.8 Å². The molecule has 2 amide bonds. The third-order valence-electron chi connectivity index (χ3n) is 12.9. The molecule has 0 bridgehead atoms. The monoisotopic (exact) mass is 893 g/mol. The summed E-state index contributed by atoms with van der Waals surface area (Å²) in [5, 5.41) is 17.3. The van der Waals surface area contributed by atoms with E-state index in [9.17, 15) is 29.1 Å². The largest absolute Gasteiger partial charge is 0.461 e. The van der Waals surface area contributed by atoms with Gasteiger partial charge in [-0.15, -0.1) is 0 Å². The Morgan fingerprint density at radius 2 is 1.69 bits per heavy atom. The highest BCUT2D eigenvalue weighted by Gasteiger charge is 2.58. The number of ether oxygens (including phenoxy) is 6. The highest BCUT2D eigenvalue weighted by molar-refractivity contribution is 5.85. The summed E-state index contributed by atoms with van der Waals surface area (Å²) in [5.41, 5.74) is -1.48. The molecule has 0 radical (unpaired) electrons. The van der Waals surface area contributed by atoms with Gasteiger partial charge in [0.15, 0.2) is 17.7 Å². The lowest BCUT2D eigenvalue weighted by Crippen LogP contribution is -2.61. The molecular weight excluding hydrogens is 827 g/mol. The maximum atomic E-state index is 14.6. The number of amides is 2. The zero-order valence-corrected chi connectivity index (χ0v) is 38.9. The van der Waals surface area contributed by atoms with E-state index in [0.717, 1.165) is 11.1 Å². The molecule has 3 N–H and O–H groups in total. The Labute approximate surface area is 376 Å². The van der Waals surface area contributed by atoms with Crippen molar-refractivity contribution in [2.45, 2.75) is 148 Å². The average molecular weight is 894 g/mol. The van der Waals surface area contributed by atoms with E-state index in [1.807, 2.05) is 56.3 Å². The molecule has 14 atom stereocenters. The summed E-state index contributed by atoms with van der Waals surface area (Å²) >= 11 is 0. The second-order valence-electron chi connectivity index (χ2n) is 18.1. The van der Waals surface area contributed by atoms with E-state index in [1.165, 1.54) is 0 Å². The van der Waals surface area contributed by atoms with E-state index >= 15 is 0 Å². The SMILES string of the molecule is CCC(=O)O[C@H]1[C@H](C)[C@@H](O[C@@H]2O[C@H](C)C[C@H](N(C)C)[C@H]2O)[C@](C)(OC(=O)NCC=Cc2ccc(-c3ncccn3)cc2)C[C@@H](C)C(=O)[C@H](C)[C@H]2NC(=O)O[C@]2(C)[C@@H](CC)OC(=O)[C@@H]1C. The van der Waals surface area contributed by atoms with Crippen molar-refractivity contribution in [3.63, 3.8) is 0 Å². The van der Waals surface area contributed by atoms with Crippen LogP contribution in [-0.4, -0.2) is 131 Å². The van der Waals surface area contributed by atoms with E-state index < -0.39 is 95.7 Å². The van der Waals surface area contributed by atoms with Crippen LogP contribution in [0.3, 0.4) is 0 Å². The van der Waals surface area contributed by atoms with Crippen molar-refractivity contribution < 1.29 is 57.5 Å². The van der Waals surface area contributed by atoms with Crippen LogP contribution in [0, 0.1) is 23.7 Å². The molecule has 3 fully saturated rings. The number of fused-ring (bicyclic) bond motifs is 1. The standard InChI is InChI=1S/C47H67N5O12/c1-12-34-47(9)39(51-45(58)64-47)28(5)36(54)26(3)25-46(8,63-44(57)50-21-14-16-31-17-19-32(20-18-31)41-48-22-15-23-49-41)40(62-43-37(55)33(52(10)11)24-27(4)59-43)29(6)38(61-35(53)13-2)30(7)42(56)60-34/h14-20,22-23,26-30,33-34,37-40,43,55H,12-13,21,24-25H2,1-11H3,(H,50,57)(H,51,58)/t26-,27-,28+,29+,30-,33+,34-,37-,38+,39-,40-,43+,46-,47-/m1/s1. The third-order valence-corrected chi connectivity index (χ3v) is 12.9. The van der Waals surface area contributed by atoms with E-state index in [-0.39, 0.29) is 43.7 Å². The minimum atomic E-state index is -1.73. The number of cyclic esters (lactones) is 1. The molecule has 3 aliphatic rings. The van der Waals surface area contributed by atoms with Crippen molar-refractivity contribution in [1.82, 2.24) is 25.5 Å². The van der Waals surface area contributed by atoms with Crippen molar-refractivity contribution in [3.05, 3.63) is 54.4 Å². The van der Waals surface area contributed by atoms with Gasteiger partial charge in [-0.1, -0.05) is 71.0 Å². The van der Waals surface area contributed by atoms with Crippen LogP contribution >= 0.6 is 0 Å². The summed E-state index contributed by atoms with van der Waals surface area (Å²) in [6.45, 7) is 15.2. The van der Waals surface area contributed by atoms with Crippen molar-refractivity contribution in [2.24, 2.45) is 23.7 Å². The molecule has 64 heavy (non-hydrogen) atoms. The van der Waals surface area contributed by atoms with Gasteiger partial charge in [-0.25, -0.2) is 19.6 Å². The number of hydrogen-bond donors (Lipinski definition) is 3. The number of alkyl carbamates (subject to hydrolysis) is 2. The van der Waals surface area contributed by atoms with Gasteiger partial charge >= 0.3 is 24.1 Å². The molecule has 0 spiro atoms. The predicted octanol–water partition coefficient (Wildman–Crippen LogP) is 5.48. The van der Waals surface area contributed by atoms with Crippen LogP contribution in [0.1, 0.15) is 93.6 Å². The van der Waals surface area contributed by atoms with Crippen molar-refractivity contribution in [3.8, 4) is 11.4 Å². The minimum Gasteiger partial charge on any atom is -0.461 e. The molecule has 0 saturated carbocycles. The molecule has 3 aliphatic heterocycles. The summed E-state index contributed by atoms with van der Waals surface area (Å²) in [7, 11) is 3.67. The Morgan fingerprint density at radius 1 is 1.02 bits per heavy atom. The maximum absolute atomic E-state index is 14.6. The summed E-state index contributed by atoms with van der Waals surface area (Å²) in [6, 6.07) is 8.03. The first-order chi connectivity index (χ1) is 30.2. The fourth-order valence-corrected chi connectivity index (χ4v) is 9.45. The van der Waals surface area contributed by atoms with Gasteiger partial charge in [0.25, 0.3) is 0 Å². The summed E-state index contributed by atoms with van der Waals surface area (Å²) in [6.07, 6.45) is -0.495. The smallest absolute Gasteiger partial charge is 0.408 e. The summed E-state index contributed by atoms with van der Waals surface area (Å²) in [5.74, 6) is -4.90. The van der Waals surface area contributed by atoms with Crippen LogP contribution in [0.5, 0.6) is 0 Å². The zero-order chi connectivity index (χ0) is 47.1. The molecule has 5 rings (SSSR count). The predicted molar refractivity (Wildman–Crippen MR) is 235 cm³/mol. The maximum Gasteiger partial charge on any atom is 0.408 e. The van der Waals surface area contributed by atoms with Crippen molar-refractivity contribution in [1.29, 1.82) is 0 Å². The Hall–Kier alpha value is -4.97. The fraction of sp³-hybridized carbons (Fsp3) is 0.638. The number of nitrogens with zero attached hydrogens (tertiary/aromatic N) is 3. The molecule has 1 aromatic heterocycles. The lowest BCUT2D eigenvalue weighted by Gasteiger charge is -2.48.